The molecule has 0 heterocycles. The zero-order chi connectivity index (χ0) is 32.3. The van der Waals surface area contributed by atoms with E-state index in [1.807, 2.05) is 6.07 Å². The maximum Gasteiger partial charge on any atom is 0.513 e. The molecule has 0 bridgehead atoms. The van der Waals surface area contributed by atoms with E-state index in [1.165, 1.54) is 43.3 Å². The Hall–Kier alpha value is -4.94. The van der Waals surface area contributed by atoms with Crippen LogP contribution in [0.4, 0.5) is 10.5 Å². The number of nitro groups is 1. The summed E-state index contributed by atoms with van der Waals surface area (Å²) in [6.45, 7) is 4.66. The molecule has 0 spiro atoms. The van der Waals surface area contributed by atoms with Crippen LogP contribution in [-0.4, -0.2) is 46.2 Å². The molecule has 0 aliphatic carbocycles. The molecular formula is C29H32N3O11P. The van der Waals surface area contributed by atoms with Gasteiger partial charge in [-0.2, -0.15) is 5.09 Å². The van der Waals surface area contributed by atoms with Gasteiger partial charge in [-0.1, -0.05) is 42.5 Å². The Morgan fingerprint density at radius 2 is 1.45 bits per heavy atom. The molecule has 0 saturated carbocycles. The van der Waals surface area contributed by atoms with Crippen LogP contribution in [0.5, 0.6) is 11.5 Å². The van der Waals surface area contributed by atoms with Crippen LogP contribution in [0.2, 0.25) is 0 Å². The normalized spacial score (nSPS) is 13.5. The highest BCUT2D eigenvalue weighted by atomic mass is 31.2. The van der Waals surface area contributed by atoms with Crippen molar-refractivity contribution in [2.75, 3.05) is 0 Å². The van der Waals surface area contributed by atoms with Gasteiger partial charge in [-0.3, -0.25) is 14.9 Å². The van der Waals surface area contributed by atoms with E-state index >= 15 is 0 Å². The number of nitro benzene ring substituents is 1. The van der Waals surface area contributed by atoms with Gasteiger partial charge in [0.2, 0.25) is 0 Å². The molecule has 15 heteroatoms. The largest absolute Gasteiger partial charge is 0.513 e. The van der Waals surface area contributed by atoms with Crippen LogP contribution >= 0.6 is 7.75 Å². The van der Waals surface area contributed by atoms with Crippen molar-refractivity contribution in [1.82, 2.24) is 10.4 Å². The third-order valence-corrected chi connectivity index (χ3v) is 7.33. The minimum Gasteiger partial charge on any atom is -0.480 e. The van der Waals surface area contributed by atoms with Crippen LogP contribution in [-0.2, 0) is 36.7 Å². The molecule has 3 aromatic rings. The van der Waals surface area contributed by atoms with Gasteiger partial charge < -0.3 is 28.9 Å². The van der Waals surface area contributed by atoms with Crippen LogP contribution in [0, 0.1) is 10.1 Å². The number of hydrogen-bond acceptors (Lipinski definition) is 10. The van der Waals surface area contributed by atoms with Gasteiger partial charge in [-0.05, 0) is 56.2 Å². The van der Waals surface area contributed by atoms with Gasteiger partial charge in [0.25, 0.3) is 5.69 Å². The molecule has 3 aromatic carbocycles. The lowest BCUT2D eigenvalue weighted by Gasteiger charge is -2.23. The summed E-state index contributed by atoms with van der Waals surface area (Å²) in [4.78, 5) is 46.7. The van der Waals surface area contributed by atoms with Gasteiger partial charge in [-0.15, -0.1) is 0 Å². The smallest absolute Gasteiger partial charge is 0.480 e. The summed E-state index contributed by atoms with van der Waals surface area (Å²) in [7, 11) is -4.35. The van der Waals surface area contributed by atoms with E-state index in [1.54, 1.807) is 38.1 Å². The number of carboxylic acid groups (broad SMARTS) is 1. The summed E-state index contributed by atoms with van der Waals surface area (Å²) in [6.07, 6.45) is -1.45. The summed E-state index contributed by atoms with van der Waals surface area (Å²) < 4.78 is 35.2. The monoisotopic (exact) mass is 629 g/mol. The summed E-state index contributed by atoms with van der Waals surface area (Å²) in [5, 5.41) is 25.4. The molecule has 0 radical (unpaired) electrons. The predicted octanol–water partition coefficient (Wildman–Crippen LogP) is 5.01. The Morgan fingerprint density at radius 3 is 1.98 bits per heavy atom. The Morgan fingerprint density at radius 1 is 0.886 bits per heavy atom. The van der Waals surface area contributed by atoms with Crippen LogP contribution in [0.25, 0.3) is 0 Å². The molecular weight excluding hydrogens is 597 g/mol. The number of rotatable bonds is 15. The van der Waals surface area contributed by atoms with Crippen molar-refractivity contribution in [3.05, 3.63) is 100 Å². The van der Waals surface area contributed by atoms with Crippen molar-refractivity contribution in [3.63, 3.8) is 0 Å². The number of carbonyl (C=O) groups excluding carboxylic acids is 2. The Kier molecular flexibility index (Phi) is 11.8. The summed E-state index contributed by atoms with van der Waals surface area (Å²) in [5.41, 5.74) is 1.01. The average Bonchev–Trinajstić information content (AvgIpc) is 2.97. The Balaban J connectivity index is 1.70. The number of benzene rings is 3. The number of carbonyl (C=O) groups is 3. The number of esters is 1. The van der Waals surface area contributed by atoms with Crippen LogP contribution in [0.15, 0.2) is 78.9 Å². The summed E-state index contributed by atoms with van der Waals surface area (Å²) in [5.74, 6) is -2.02. The molecule has 0 saturated heterocycles. The van der Waals surface area contributed by atoms with Crippen molar-refractivity contribution < 1.29 is 47.5 Å². The molecule has 3 rings (SSSR count). The number of ether oxygens (including phenoxy) is 2. The van der Waals surface area contributed by atoms with Gasteiger partial charge in [0, 0.05) is 18.6 Å². The highest BCUT2D eigenvalue weighted by Crippen LogP contribution is 2.45. The number of non-ortho nitro benzene ring substituents is 1. The zero-order valence-electron chi connectivity index (χ0n) is 24.1. The first-order valence-corrected chi connectivity index (χ1v) is 14.9. The SMILES string of the molecule is CC(C)OC(=O)C(C)NP(=O)(Oc1ccc(C[C@H](NC(=O)OCc2ccccc2)C(=O)O)cc1)Oc1ccc([N+](=O)[O-])cc1. The van der Waals surface area contributed by atoms with Gasteiger partial charge >= 0.3 is 25.8 Å². The molecule has 44 heavy (non-hydrogen) atoms. The molecule has 0 aliphatic heterocycles. The number of alkyl carbamates (subject to hydrolysis) is 1. The molecule has 234 valence electrons. The van der Waals surface area contributed by atoms with E-state index in [2.05, 4.69) is 10.4 Å². The molecule has 2 unspecified atom stereocenters. The first-order chi connectivity index (χ1) is 20.8. The van der Waals surface area contributed by atoms with Gasteiger partial charge in [0.1, 0.15) is 30.2 Å². The highest BCUT2D eigenvalue weighted by Gasteiger charge is 2.34. The number of amides is 1. The second-order valence-electron chi connectivity index (χ2n) is 9.71. The molecule has 0 aromatic heterocycles. The van der Waals surface area contributed by atoms with E-state index in [0.29, 0.717) is 5.56 Å². The average molecular weight is 630 g/mol. The summed E-state index contributed by atoms with van der Waals surface area (Å²) >= 11 is 0. The minimum atomic E-state index is -4.35. The van der Waals surface area contributed by atoms with Crippen LogP contribution < -0.4 is 19.5 Å². The molecule has 3 atom stereocenters. The zero-order valence-corrected chi connectivity index (χ0v) is 25.0. The maximum atomic E-state index is 13.8. The van der Waals surface area contributed by atoms with Crippen molar-refractivity contribution in [3.8, 4) is 11.5 Å². The predicted molar refractivity (Wildman–Crippen MR) is 157 cm³/mol. The third-order valence-electron chi connectivity index (χ3n) is 5.72. The lowest BCUT2D eigenvalue weighted by atomic mass is 10.1. The number of nitrogens with one attached hydrogen (secondary N) is 2. The maximum absolute atomic E-state index is 13.8. The molecule has 1 amide bonds. The summed E-state index contributed by atoms with van der Waals surface area (Å²) in [6, 6.07) is 17.0. The molecule has 0 aliphatic rings. The first kappa shape index (κ1) is 33.6. The quantitative estimate of drug-likeness (QED) is 0.0882. The number of hydrogen-bond donors (Lipinski definition) is 3. The fourth-order valence-corrected chi connectivity index (χ4v) is 5.15. The lowest BCUT2D eigenvalue weighted by Crippen LogP contribution is -2.42. The van der Waals surface area contributed by atoms with Gasteiger partial charge in [0.15, 0.2) is 0 Å². The van der Waals surface area contributed by atoms with E-state index in [-0.39, 0.29) is 30.2 Å². The topological polar surface area (TPSA) is 193 Å². The van der Waals surface area contributed by atoms with E-state index in [9.17, 15) is 34.2 Å². The Bertz CT molecular complexity index is 1480. The van der Waals surface area contributed by atoms with Crippen molar-refractivity contribution >= 4 is 31.5 Å². The van der Waals surface area contributed by atoms with Crippen LogP contribution in [0.3, 0.4) is 0 Å². The molecule has 0 fully saturated rings. The molecule has 3 N–H and O–H groups in total. The van der Waals surface area contributed by atoms with Crippen molar-refractivity contribution in [2.45, 2.75) is 52.0 Å². The van der Waals surface area contributed by atoms with Crippen molar-refractivity contribution in [2.24, 2.45) is 0 Å². The lowest BCUT2D eigenvalue weighted by molar-refractivity contribution is -0.384. The second-order valence-corrected chi connectivity index (χ2v) is 11.3. The standard InChI is InChI=1S/C29H32N3O11P/c1-19(2)41-28(35)20(3)31-44(39,43-25-15-11-23(12-16-25)32(37)38)42-24-13-9-21(10-14-24)17-26(27(33)34)30-29(36)40-18-22-7-5-4-6-8-22/h4-16,19-20,26H,17-18H2,1-3H3,(H,30,36)(H,31,39)(H,33,34)/t20?,26-,44?/m0/s1. The number of aliphatic carboxylic acids is 1. The van der Waals surface area contributed by atoms with Crippen LogP contribution in [0.1, 0.15) is 31.9 Å². The number of carboxylic acids is 1. The van der Waals surface area contributed by atoms with E-state index in [4.69, 9.17) is 18.5 Å². The van der Waals surface area contributed by atoms with Crippen molar-refractivity contribution in [1.29, 1.82) is 0 Å². The molecule has 14 nitrogen and oxygen atoms in total. The second kappa shape index (κ2) is 15.5. The minimum absolute atomic E-state index is 0.0260. The van der Waals surface area contributed by atoms with Gasteiger partial charge in [0.05, 0.1) is 11.0 Å². The fourth-order valence-electron chi connectivity index (χ4n) is 3.63. The fraction of sp³-hybridized carbons (Fsp3) is 0.276. The van der Waals surface area contributed by atoms with E-state index in [0.717, 1.165) is 17.7 Å². The number of nitrogens with zero attached hydrogens (tertiary/aromatic N) is 1. The highest BCUT2D eigenvalue weighted by molar-refractivity contribution is 7.52. The third kappa shape index (κ3) is 10.7. The van der Waals surface area contributed by atoms with Gasteiger partial charge in [-0.25, -0.2) is 14.2 Å². The first-order valence-electron chi connectivity index (χ1n) is 13.3. The van der Waals surface area contributed by atoms with E-state index < -0.39 is 48.9 Å². The Labute approximate surface area is 253 Å².